The van der Waals surface area contributed by atoms with Gasteiger partial charge in [-0.3, -0.25) is 4.57 Å². The van der Waals surface area contributed by atoms with Gasteiger partial charge in [0.15, 0.2) is 0 Å². The molecule has 1 rings (SSSR count). The van der Waals surface area contributed by atoms with Crippen molar-refractivity contribution in [3.05, 3.63) is 0 Å². The molecule has 7 heteroatoms. The van der Waals surface area contributed by atoms with Gasteiger partial charge < -0.3 is 23.5 Å². The zero-order chi connectivity index (χ0) is 26.4. The largest absolute Gasteiger partial charge is 0.359 e. The van der Waals surface area contributed by atoms with Crippen LogP contribution in [0.25, 0.3) is 0 Å². The van der Waals surface area contributed by atoms with Gasteiger partial charge in [0.05, 0.1) is 41.8 Å². The van der Waals surface area contributed by atoms with Crippen LogP contribution in [0.15, 0.2) is 0 Å². The van der Waals surface area contributed by atoms with Gasteiger partial charge in [-0.15, -0.1) is 0 Å². The van der Waals surface area contributed by atoms with Crippen molar-refractivity contribution in [3.63, 3.8) is 0 Å². The Morgan fingerprint density at radius 1 is 0.771 bits per heavy atom. The first-order valence-corrected chi connectivity index (χ1v) is 16.4. The topological polar surface area (TPSA) is 66.8 Å². The average Bonchev–Trinajstić information content (AvgIpc) is 3.21. The Morgan fingerprint density at radius 3 is 1.66 bits per heavy atom. The molecule has 0 aliphatic heterocycles. The molecule has 1 unspecified atom stereocenters. The molecule has 0 bridgehead atoms. The third kappa shape index (κ3) is 15.1. The summed E-state index contributed by atoms with van der Waals surface area (Å²) in [5.41, 5.74) is 0. The van der Waals surface area contributed by atoms with Crippen molar-refractivity contribution in [3.8, 4) is 0 Å². The lowest BCUT2D eigenvalue weighted by molar-refractivity contribution is -0.918. The monoisotopic (exact) mass is 520 g/mol. The van der Waals surface area contributed by atoms with Crippen LogP contribution in [-0.4, -0.2) is 85.1 Å². The molecule has 0 amide bonds. The van der Waals surface area contributed by atoms with Gasteiger partial charge >= 0.3 is 7.60 Å². The average molecular weight is 521 g/mol. The lowest BCUT2D eigenvalue weighted by Gasteiger charge is -2.40. The predicted octanol–water partition coefficient (Wildman–Crippen LogP) is 6.69. The van der Waals surface area contributed by atoms with Crippen molar-refractivity contribution >= 4 is 7.60 Å². The molecule has 0 spiro atoms. The first-order chi connectivity index (χ1) is 16.4. The van der Waals surface area contributed by atoms with Crippen LogP contribution in [0.5, 0.6) is 0 Å². The van der Waals surface area contributed by atoms with Gasteiger partial charge in [0, 0.05) is 6.42 Å². The van der Waals surface area contributed by atoms with Gasteiger partial charge in [-0.2, -0.15) is 0 Å². The fraction of sp³-hybridized carbons (Fsp3) is 1.00. The van der Waals surface area contributed by atoms with E-state index >= 15 is 0 Å². The first kappa shape index (κ1) is 33.1. The lowest BCUT2D eigenvalue weighted by Crippen LogP contribution is -2.54. The van der Waals surface area contributed by atoms with Crippen LogP contribution in [0.1, 0.15) is 116 Å². The standard InChI is InChI=1S/C28H59N2O4P/c1-7-8-9-10-11-12-13-14-15-16-17-18-19-20-24-30(5,6)26-22-21-23-27(26)34-28(35(31,32)33)25-29(2,3)4/h26-28H,7-25H2,1-6H3/p+2/t26-,27-,28?/m0/s1. The quantitative estimate of drug-likeness (QED) is 0.100. The number of likely N-dealkylation sites (N-methyl/N-ethyl adjacent to an activating group) is 2. The highest BCUT2D eigenvalue weighted by Gasteiger charge is 2.45. The number of ether oxygens (including phenoxy) is 1. The minimum Gasteiger partial charge on any atom is -0.351 e. The molecule has 0 heterocycles. The van der Waals surface area contributed by atoms with E-state index < -0.39 is 13.4 Å². The molecule has 0 aromatic heterocycles. The summed E-state index contributed by atoms with van der Waals surface area (Å²) >= 11 is 0. The van der Waals surface area contributed by atoms with E-state index in [0.717, 1.165) is 30.3 Å². The summed E-state index contributed by atoms with van der Waals surface area (Å²) in [4.78, 5) is 19.8. The van der Waals surface area contributed by atoms with Crippen molar-refractivity contribution in [1.82, 2.24) is 0 Å². The van der Waals surface area contributed by atoms with Crippen LogP contribution in [0, 0.1) is 0 Å². The highest BCUT2D eigenvalue weighted by Crippen LogP contribution is 2.45. The van der Waals surface area contributed by atoms with E-state index in [4.69, 9.17) is 4.74 Å². The molecule has 0 aromatic carbocycles. The second kappa shape index (κ2) is 16.8. The number of quaternary nitrogens is 2. The summed E-state index contributed by atoms with van der Waals surface area (Å²) in [5.74, 6) is -1.02. The fourth-order valence-corrected chi connectivity index (χ4v) is 6.66. The Labute approximate surface area is 218 Å². The van der Waals surface area contributed by atoms with Crippen LogP contribution >= 0.6 is 7.60 Å². The summed E-state index contributed by atoms with van der Waals surface area (Å²) in [6.45, 7) is 3.71. The van der Waals surface area contributed by atoms with E-state index in [2.05, 4.69) is 21.0 Å². The minimum atomic E-state index is -4.30. The number of nitrogens with zero attached hydrogens (tertiary/aromatic N) is 2. The molecule has 35 heavy (non-hydrogen) atoms. The first-order valence-electron chi connectivity index (χ1n) is 14.7. The Hall–Kier alpha value is 0.0300. The number of hydrogen-bond donors (Lipinski definition) is 2. The SMILES string of the molecule is CCCCCCCCCCCCCCCC[N+](C)(C)[C@H]1CCC[C@@H]1OC(C[N+](C)(C)C)P(=O)(O)O. The molecule has 0 radical (unpaired) electrons. The second-order valence-electron chi connectivity index (χ2n) is 12.8. The number of rotatable bonds is 21. The minimum absolute atomic E-state index is 0.0687. The van der Waals surface area contributed by atoms with Gasteiger partial charge in [-0.25, -0.2) is 0 Å². The molecular formula is C28H61N2O4P+2. The smallest absolute Gasteiger partial charge is 0.351 e. The summed E-state index contributed by atoms with van der Waals surface area (Å²) < 4.78 is 19.7. The molecule has 0 aromatic rings. The van der Waals surface area contributed by atoms with E-state index in [1.807, 2.05) is 21.1 Å². The Balaban J connectivity index is 2.26. The van der Waals surface area contributed by atoms with Crippen molar-refractivity contribution in [2.24, 2.45) is 0 Å². The van der Waals surface area contributed by atoms with Crippen molar-refractivity contribution in [1.29, 1.82) is 0 Å². The zero-order valence-corrected chi connectivity index (χ0v) is 25.1. The maximum atomic E-state index is 12.1. The molecule has 3 atom stereocenters. The molecule has 210 valence electrons. The van der Waals surface area contributed by atoms with Crippen molar-refractivity contribution < 1.29 is 28.1 Å². The molecule has 1 fully saturated rings. The van der Waals surface area contributed by atoms with E-state index in [0.29, 0.717) is 17.1 Å². The predicted molar refractivity (Wildman–Crippen MR) is 149 cm³/mol. The second-order valence-corrected chi connectivity index (χ2v) is 14.5. The summed E-state index contributed by atoms with van der Waals surface area (Å²) in [6.07, 6.45) is 22.2. The highest BCUT2D eigenvalue weighted by molar-refractivity contribution is 7.52. The van der Waals surface area contributed by atoms with Gasteiger partial charge in [0.2, 0.25) is 5.85 Å². The Kier molecular flexibility index (Phi) is 15.9. The van der Waals surface area contributed by atoms with Gasteiger partial charge in [-0.1, -0.05) is 84.0 Å². The van der Waals surface area contributed by atoms with Crippen LogP contribution in [0.2, 0.25) is 0 Å². The molecule has 1 aliphatic rings. The van der Waals surface area contributed by atoms with Crippen molar-refractivity contribution in [2.45, 2.75) is 134 Å². The number of hydrogen-bond acceptors (Lipinski definition) is 2. The van der Waals surface area contributed by atoms with E-state index in [1.54, 1.807) is 0 Å². The Morgan fingerprint density at radius 2 is 1.23 bits per heavy atom. The van der Waals surface area contributed by atoms with Gasteiger partial charge in [0.1, 0.15) is 18.7 Å². The molecule has 6 nitrogen and oxygen atoms in total. The molecule has 1 aliphatic carbocycles. The van der Waals surface area contributed by atoms with E-state index in [9.17, 15) is 14.4 Å². The van der Waals surface area contributed by atoms with Crippen LogP contribution in [-0.2, 0) is 9.30 Å². The Bertz CT molecular complexity index is 588. The highest BCUT2D eigenvalue weighted by atomic mass is 31.2. The van der Waals surface area contributed by atoms with E-state index in [-0.39, 0.29) is 6.10 Å². The molecule has 0 saturated heterocycles. The normalized spacial score (nSPS) is 20.5. The molecule has 1 saturated carbocycles. The van der Waals surface area contributed by atoms with Crippen LogP contribution in [0.4, 0.5) is 0 Å². The van der Waals surface area contributed by atoms with Gasteiger partial charge in [-0.05, 0) is 25.7 Å². The molecular weight excluding hydrogens is 459 g/mol. The van der Waals surface area contributed by atoms with Crippen LogP contribution < -0.4 is 0 Å². The lowest BCUT2D eigenvalue weighted by atomic mass is 10.0. The van der Waals surface area contributed by atoms with Gasteiger partial charge in [0.25, 0.3) is 0 Å². The summed E-state index contributed by atoms with van der Waals surface area (Å²) in [5, 5.41) is 0. The fourth-order valence-electron chi connectivity index (χ4n) is 5.64. The third-order valence-corrected chi connectivity index (χ3v) is 8.85. The maximum absolute atomic E-state index is 12.1. The number of unbranched alkanes of at least 4 members (excludes halogenated alkanes) is 13. The summed E-state index contributed by atoms with van der Waals surface area (Å²) in [6, 6.07) is 0.318. The molecule has 2 N–H and O–H groups in total. The van der Waals surface area contributed by atoms with Crippen molar-refractivity contribution in [2.75, 3.05) is 48.3 Å². The van der Waals surface area contributed by atoms with Crippen LogP contribution in [0.3, 0.4) is 0 Å². The zero-order valence-electron chi connectivity index (χ0n) is 24.2. The maximum Gasteiger partial charge on any atom is 0.359 e. The third-order valence-electron chi connectivity index (χ3n) is 7.81. The van der Waals surface area contributed by atoms with E-state index in [1.165, 1.54) is 89.9 Å². The summed E-state index contributed by atoms with van der Waals surface area (Å²) in [7, 11) is 6.11.